The molecule has 1 saturated heterocycles. The van der Waals surface area contributed by atoms with E-state index in [1.165, 1.54) is 24.0 Å². The van der Waals surface area contributed by atoms with Crippen LogP contribution in [0.3, 0.4) is 0 Å². The Morgan fingerprint density at radius 1 is 1.30 bits per heavy atom. The van der Waals surface area contributed by atoms with Crippen molar-refractivity contribution in [3.8, 4) is 0 Å². The molecule has 1 saturated carbocycles. The third kappa shape index (κ3) is 5.20. The second-order valence-electron chi connectivity index (χ2n) is 6.53. The minimum absolute atomic E-state index is 0. The van der Waals surface area contributed by atoms with E-state index in [1.807, 2.05) is 0 Å². The van der Waals surface area contributed by atoms with E-state index >= 15 is 0 Å². The molecule has 1 aliphatic carbocycles. The fourth-order valence-corrected chi connectivity index (χ4v) is 3.06. The Morgan fingerprint density at radius 3 is 2.70 bits per heavy atom. The van der Waals surface area contributed by atoms with Crippen molar-refractivity contribution in [1.29, 1.82) is 0 Å². The molecule has 1 aliphatic heterocycles. The summed E-state index contributed by atoms with van der Waals surface area (Å²) >= 11 is 0. The molecule has 2 N–H and O–H groups in total. The summed E-state index contributed by atoms with van der Waals surface area (Å²) < 4.78 is 0. The summed E-state index contributed by atoms with van der Waals surface area (Å²) in [6.45, 7) is 6.35. The summed E-state index contributed by atoms with van der Waals surface area (Å²) in [5, 5.41) is 6.53. The molecule has 0 radical (unpaired) electrons. The fraction of sp³-hybridized carbons (Fsp3) is 0.611. The SMILES string of the molecule is CCc1ccc(C2CNCCN2CC(=O)NCC2CC2)cc1.Cl. The Kier molecular flexibility index (Phi) is 6.88. The largest absolute Gasteiger partial charge is 0.355 e. The van der Waals surface area contributed by atoms with Crippen LogP contribution in [0.25, 0.3) is 0 Å². The lowest BCUT2D eigenvalue weighted by Gasteiger charge is -2.36. The first-order valence-corrected chi connectivity index (χ1v) is 8.56. The van der Waals surface area contributed by atoms with Gasteiger partial charge in [0.1, 0.15) is 0 Å². The molecule has 2 fully saturated rings. The van der Waals surface area contributed by atoms with E-state index in [0.29, 0.717) is 12.6 Å². The van der Waals surface area contributed by atoms with Gasteiger partial charge in [0, 0.05) is 32.2 Å². The number of carbonyl (C=O) groups excluding carboxylic acids is 1. The Bertz CT molecular complexity index is 501. The van der Waals surface area contributed by atoms with Crippen molar-refractivity contribution in [1.82, 2.24) is 15.5 Å². The molecule has 0 spiro atoms. The number of amides is 1. The lowest BCUT2D eigenvalue weighted by molar-refractivity contribution is -0.123. The van der Waals surface area contributed by atoms with Gasteiger partial charge in [0.15, 0.2) is 0 Å². The van der Waals surface area contributed by atoms with E-state index in [2.05, 4.69) is 46.7 Å². The number of aryl methyl sites for hydroxylation is 1. The van der Waals surface area contributed by atoms with E-state index in [9.17, 15) is 4.79 Å². The molecular weight excluding hydrogens is 310 g/mol. The first-order valence-electron chi connectivity index (χ1n) is 8.56. The van der Waals surface area contributed by atoms with Crippen molar-refractivity contribution in [2.24, 2.45) is 5.92 Å². The molecule has 0 bridgehead atoms. The highest BCUT2D eigenvalue weighted by atomic mass is 35.5. The number of rotatable bonds is 6. The predicted octanol–water partition coefficient (Wildman–Crippen LogP) is 2.14. The van der Waals surface area contributed by atoms with Crippen LogP contribution in [-0.2, 0) is 11.2 Å². The molecular formula is C18H28ClN3O. The molecule has 1 aromatic carbocycles. The minimum atomic E-state index is 0. The van der Waals surface area contributed by atoms with Gasteiger partial charge in [-0.2, -0.15) is 0 Å². The van der Waals surface area contributed by atoms with E-state index in [4.69, 9.17) is 0 Å². The highest BCUT2D eigenvalue weighted by Gasteiger charge is 2.26. The molecule has 5 heteroatoms. The summed E-state index contributed by atoms with van der Waals surface area (Å²) in [5.74, 6) is 0.910. The van der Waals surface area contributed by atoms with E-state index < -0.39 is 0 Å². The molecule has 2 aliphatic rings. The topological polar surface area (TPSA) is 44.4 Å². The summed E-state index contributed by atoms with van der Waals surface area (Å²) in [6, 6.07) is 9.13. The first kappa shape index (κ1) is 18.2. The molecule has 1 atom stereocenters. The van der Waals surface area contributed by atoms with Crippen LogP contribution in [0, 0.1) is 5.92 Å². The number of nitrogens with zero attached hydrogens (tertiary/aromatic N) is 1. The van der Waals surface area contributed by atoms with Crippen LogP contribution in [0.1, 0.15) is 36.9 Å². The highest BCUT2D eigenvalue weighted by Crippen LogP contribution is 2.27. The van der Waals surface area contributed by atoms with Crippen LogP contribution in [0.15, 0.2) is 24.3 Å². The summed E-state index contributed by atoms with van der Waals surface area (Å²) in [4.78, 5) is 14.5. The van der Waals surface area contributed by atoms with Gasteiger partial charge in [0.25, 0.3) is 0 Å². The Hall–Kier alpha value is -1.10. The van der Waals surface area contributed by atoms with Crippen LogP contribution < -0.4 is 10.6 Å². The molecule has 4 nitrogen and oxygen atoms in total. The Balaban J connectivity index is 0.00000192. The number of nitrogens with one attached hydrogen (secondary N) is 2. The van der Waals surface area contributed by atoms with Crippen molar-refractivity contribution < 1.29 is 4.79 Å². The van der Waals surface area contributed by atoms with Gasteiger partial charge in [-0.05, 0) is 36.3 Å². The second-order valence-corrected chi connectivity index (χ2v) is 6.53. The molecule has 1 unspecified atom stereocenters. The predicted molar refractivity (Wildman–Crippen MR) is 96.0 cm³/mol. The van der Waals surface area contributed by atoms with Crippen molar-refractivity contribution in [2.75, 3.05) is 32.7 Å². The van der Waals surface area contributed by atoms with E-state index in [1.54, 1.807) is 0 Å². The van der Waals surface area contributed by atoms with Crippen LogP contribution in [0.5, 0.6) is 0 Å². The van der Waals surface area contributed by atoms with E-state index in [-0.39, 0.29) is 18.3 Å². The standard InChI is InChI=1S/C18H27N3O.ClH/c1-2-14-5-7-16(8-6-14)17-12-19-9-10-21(17)13-18(22)20-11-15-3-4-15;/h5-8,15,17,19H,2-4,9-13H2,1H3,(H,20,22);1H. The molecule has 23 heavy (non-hydrogen) atoms. The van der Waals surface area contributed by atoms with Gasteiger partial charge in [0.05, 0.1) is 6.54 Å². The second kappa shape index (κ2) is 8.67. The Morgan fingerprint density at radius 2 is 2.04 bits per heavy atom. The highest BCUT2D eigenvalue weighted by molar-refractivity contribution is 5.85. The lowest BCUT2D eigenvalue weighted by atomic mass is 10.0. The fourth-order valence-electron chi connectivity index (χ4n) is 3.06. The molecule has 0 aromatic heterocycles. The quantitative estimate of drug-likeness (QED) is 0.836. The number of hydrogen-bond acceptors (Lipinski definition) is 3. The maximum absolute atomic E-state index is 12.1. The normalized spacial score (nSPS) is 21.5. The summed E-state index contributed by atoms with van der Waals surface area (Å²) in [6.07, 6.45) is 3.62. The smallest absolute Gasteiger partial charge is 0.234 e. The van der Waals surface area contributed by atoms with Crippen LogP contribution in [-0.4, -0.2) is 43.5 Å². The number of piperazine rings is 1. The maximum Gasteiger partial charge on any atom is 0.234 e. The van der Waals surface area contributed by atoms with Crippen molar-refractivity contribution in [3.05, 3.63) is 35.4 Å². The zero-order chi connectivity index (χ0) is 15.4. The van der Waals surface area contributed by atoms with Gasteiger partial charge in [-0.25, -0.2) is 0 Å². The third-order valence-electron chi connectivity index (χ3n) is 4.76. The summed E-state index contributed by atoms with van der Waals surface area (Å²) in [5.41, 5.74) is 2.67. The van der Waals surface area contributed by atoms with Crippen LogP contribution in [0.4, 0.5) is 0 Å². The van der Waals surface area contributed by atoms with Crippen molar-refractivity contribution in [3.63, 3.8) is 0 Å². The van der Waals surface area contributed by atoms with Crippen molar-refractivity contribution in [2.45, 2.75) is 32.2 Å². The van der Waals surface area contributed by atoms with Gasteiger partial charge >= 0.3 is 0 Å². The van der Waals surface area contributed by atoms with Gasteiger partial charge in [0.2, 0.25) is 5.91 Å². The average molecular weight is 338 g/mol. The first-order chi connectivity index (χ1) is 10.8. The zero-order valence-electron chi connectivity index (χ0n) is 13.9. The van der Waals surface area contributed by atoms with Gasteiger partial charge < -0.3 is 10.6 Å². The lowest BCUT2D eigenvalue weighted by Crippen LogP contribution is -2.49. The average Bonchev–Trinajstić information content (AvgIpc) is 3.38. The van der Waals surface area contributed by atoms with Gasteiger partial charge in [-0.1, -0.05) is 31.2 Å². The number of hydrogen-bond donors (Lipinski definition) is 2. The monoisotopic (exact) mass is 337 g/mol. The van der Waals surface area contributed by atoms with Crippen LogP contribution in [0.2, 0.25) is 0 Å². The van der Waals surface area contributed by atoms with Crippen LogP contribution >= 0.6 is 12.4 Å². The number of benzene rings is 1. The Labute approximate surface area is 145 Å². The molecule has 1 heterocycles. The maximum atomic E-state index is 12.1. The molecule has 3 rings (SSSR count). The molecule has 128 valence electrons. The number of halogens is 1. The summed E-state index contributed by atoms with van der Waals surface area (Å²) in [7, 11) is 0. The minimum Gasteiger partial charge on any atom is -0.355 e. The van der Waals surface area contributed by atoms with Gasteiger partial charge in [-0.15, -0.1) is 12.4 Å². The zero-order valence-corrected chi connectivity index (χ0v) is 14.7. The number of carbonyl (C=O) groups is 1. The van der Waals surface area contributed by atoms with Gasteiger partial charge in [-0.3, -0.25) is 9.69 Å². The third-order valence-corrected chi connectivity index (χ3v) is 4.76. The molecule has 1 amide bonds. The van der Waals surface area contributed by atoms with Crippen molar-refractivity contribution >= 4 is 18.3 Å². The molecule has 1 aromatic rings. The van der Waals surface area contributed by atoms with E-state index in [0.717, 1.165) is 38.5 Å².